The summed E-state index contributed by atoms with van der Waals surface area (Å²) in [5.41, 5.74) is 3.77. The number of phenols is 1. The zero-order valence-corrected chi connectivity index (χ0v) is 18.5. The first-order valence-corrected chi connectivity index (χ1v) is 12.3. The lowest BCUT2D eigenvalue weighted by atomic mass is 10.0. The van der Waals surface area contributed by atoms with Crippen LogP contribution in [0.15, 0.2) is 42.5 Å². The minimum Gasteiger partial charge on any atom is -0.508 e. The van der Waals surface area contributed by atoms with Gasteiger partial charge in [-0.15, -0.1) is 0 Å². The molecule has 164 valence electrons. The van der Waals surface area contributed by atoms with Gasteiger partial charge in [-0.1, -0.05) is 88.1 Å². The monoisotopic (exact) mass is 400 g/mol. The SMILES string of the molecule is C1=CCCNN(C2CCCCCCCCCC2)CCCCC1.Oc1ccccc1. The van der Waals surface area contributed by atoms with E-state index in [2.05, 4.69) is 22.6 Å². The quantitative estimate of drug-likeness (QED) is 0.499. The second kappa shape index (κ2) is 16.5. The summed E-state index contributed by atoms with van der Waals surface area (Å²) >= 11 is 0. The van der Waals surface area contributed by atoms with E-state index in [1.54, 1.807) is 24.3 Å². The predicted octanol–water partition coefficient (Wildman–Crippen LogP) is 6.99. The number of nitrogens with one attached hydrogen (secondary N) is 1. The molecule has 1 aromatic carbocycles. The van der Waals surface area contributed by atoms with Crippen molar-refractivity contribution >= 4 is 0 Å². The van der Waals surface area contributed by atoms with E-state index in [4.69, 9.17) is 5.11 Å². The molecule has 3 heteroatoms. The lowest BCUT2D eigenvalue weighted by Gasteiger charge is -2.32. The molecule has 3 nitrogen and oxygen atoms in total. The highest BCUT2D eigenvalue weighted by Gasteiger charge is 2.18. The van der Waals surface area contributed by atoms with Gasteiger partial charge in [-0.05, 0) is 50.7 Å². The van der Waals surface area contributed by atoms with Crippen LogP contribution in [-0.2, 0) is 0 Å². The number of para-hydroxylation sites is 1. The Morgan fingerprint density at radius 3 is 1.90 bits per heavy atom. The largest absolute Gasteiger partial charge is 0.508 e. The minimum absolute atomic E-state index is 0.322. The third-order valence-corrected chi connectivity index (χ3v) is 6.08. The molecule has 2 aliphatic rings. The summed E-state index contributed by atoms with van der Waals surface area (Å²) in [5.74, 6) is 0.322. The number of hydrogen-bond donors (Lipinski definition) is 2. The van der Waals surface area contributed by atoms with Crippen molar-refractivity contribution < 1.29 is 5.11 Å². The molecule has 1 heterocycles. The van der Waals surface area contributed by atoms with Crippen LogP contribution in [0, 0.1) is 0 Å². The highest BCUT2D eigenvalue weighted by atomic mass is 16.3. The fourth-order valence-corrected chi connectivity index (χ4v) is 4.34. The topological polar surface area (TPSA) is 35.5 Å². The Morgan fingerprint density at radius 2 is 1.28 bits per heavy atom. The van der Waals surface area contributed by atoms with Crippen LogP contribution in [0.2, 0.25) is 0 Å². The third-order valence-electron chi connectivity index (χ3n) is 6.08. The summed E-state index contributed by atoms with van der Waals surface area (Å²) in [6.45, 7) is 2.37. The van der Waals surface area contributed by atoms with Crippen LogP contribution in [0.4, 0.5) is 0 Å². The van der Waals surface area contributed by atoms with E-state index in [0.29, 0.717) is 5.75 Å². The highest BCUT2D eigenvalue weighted by molar-refractivity contribution is 5.18. The summed E-state index contributed by atoms with van der Waals surface area (Å²) in [6, 6.07) is 9.49. The molecule has 0 bridgehead atoms. The van der Waals surface area contributed by atoms with Gasteiger partial charge in [0, 0.05) is 19.1 Å². The van der Waals surface area contributed by atoms with Crippen LogP contribution in [0.3, 0.4) is 0 Å². The van der Waals surface area contributed by atoms with Gasteiger partial charge >= 0.3 is 0 Å². The summed E-state index contributed by atoms with van der Waals surface area (Å²) in [7, 11) is 0. The number of phenolic OH excluding ortho intramolecular Hbond substituents is 1. The number of hydrazine groups is 1. The fourth-order valence-electron chi connectivity index (χ4n) is 4.34. The molecule has 0 unspecified atom stereocenters. The molecule has 1 aliphatic heterocycles. The molecule has 0 radical (unpaired) electrons. The normalized spacial score (nSPS) is 21.8. The molecule has 1 fully saturated rings. The Kier molecular flexibility index (Phi) is 13.6. The summed E-state index contributed by atoms with van der Waals surface area (Å²) in [4.78, 5) is 0. The van der Waals surface area contributed by atoms with Gasteiger partial charge in [-0.2, -0.15) is 0 Å². The standard InChI is InChI=1S/C20H38N2.C6H6O/c1-2-5-9-13-17-20(16-12-8-4-1)22-19-15-11-7-3-6-10-14-18-21-22;7-6-4-2-1-3-5-6/h6,10,20-21H,1-5,7-9,11-19H2;1-5,7H. The van der Waals surface area contributed by atoms with Crippen molar-refractivity contribution in [2.75, 3.05) is 13.1 Å². The average molecular weight is 401 g/mol. The Bertz CT molecular complexity index is 505. The summed E-state index contributed by atoms with van der Waals surface area (Å²) in [6.07, 6.45) is 25.8. The lowest BCUT2D eigenvalue weighted by Crippen LogP contribution is -2.46. The zero-order chi connectivity index (χ0) is 20.4. The van der Waals surface area contributed by atoms with Crippen molar-refractivity contribution in [3.05, 3.63) is 42.5 Å². The van der Waals surface area contributed by atoms with Crippen LogP contribution >= 0.6 is 0 Å². The van der Waals surface area contributed by atoms with Gasteiger partial charge in [0.25, 0.3) is 0 Å². The van der Waals surface area contributed by atoms with Crippen LogP contribution in [0.25, 0.3) is 0 Å². The molecule has 0 amide bonds. The second-order valence-electron chi connectivity index (χ2n) is 8.61. The van der Waals surface area contributed by atoms with Crippen molar-refractivity contribution in [3.8, 4) is 5.75 Å². The predicted molar refractivity (Wildman–Crippen MR) is 125 cm³/mol. The van der Waals surface area contributed by atoms with Gasteiger partial charge in [-0.25, -0.2) is 5.01 Å². The Labute approximate surface area is 179 Å². The molecule has 1 aliphatic carbocycles. The maximum atomic E-state index is 8.63. The third kappa shape index (κ3) is 12.1. The van der Waals surface area contributed by atoms with Crippen molar-refractivity contribution in [1.82, 2.24) is 10.4 Å². The molecule has 0 spiro atoms. The van der Waals surface area contributed by atoms with Gasteiger partial charge in [0.1, 0.15) is 5.75 Å². The fraction of sp³-hybridized carbons (Fsp3) is 0.692. The van der Waals surface area contributed by atoms with E-state index in [-0.39, 0.29) is 0 Å². The minimum atomic E-state index is 0.322. The van der Waals surface area contributed by atoms with Crippen LogP contribution in [0.5, 0.6) is 5.75 Å². The van der Waals surface area contributed by atoms with E-state index in [0.717, 1.165) is 12.6 Å². The summed E-state index contributed by atoms with van der Waals surface area (Å²) < 4.78 is 0. The first-order valence-electron chi connectivity index (χ1n) is 12.3. The Balaban J connectivity index is 0.000000360. The first kappa shape index (κ1) is 24.0. The smallest absolute Gasteiger partial charge is 0.115 e. The van der Waals surface area contributed by atoms with E-state index >= 15 is 0 Å². The van der Waals surface area contributed by atoms with E-state index < -0.39 is 0 Å². The first-order chi connectivity index (χ1) is 14.4. The van der Waals surface area contributed by atoms with Gasteiger partial charge in [0.2, 0.25) is 0 Å². The van der Waals surface area contributed by atoms with Crippen molar-refractivity contribution in [1.29, 1.82) is 0 Å². The molecule has 29 heavy (non-hydrogen) atoms. The number of aromatic hydroxyl groups is 1. The van der Waals surface area contributed by atoms with E-state index in [1.807, 2.05) is 6.07 Å². The van der Waals surface area contributed by atoms with Gasteiger partial charge in [-0.3, -0.25) is 5.43 Å². The summed E-state index contributed by atoms with van der Waals surface area (Å²) in [5, 5.41) is 11.3. The molecule has 1 saturated carbocycles. The molecule has 0 aromatic heterocycles. The van der Waals surface area contributed by atoms with Gasteiger partial charge < -0.3 is 5.11 Å². The number of allylic oxidation sites excluding steroid dienone is 1. The molecule has 1 aromatic rings. The molecular formula is C26H44N2O. The highest BCUT2D eigenvalue weighted by Crippen LogP contribution is 2.20. The van der Waals surface area contributed by atoms with Crippen LogP contribution in [0.1, 0.15) is 96.3 Å². The average Bonchev–Trinajstić information content (AvgIpc) is 2.84. The molecule has 0 atom stereocenters. The van der Waals surface area contributed by atoms with Crippen LogP contribution in [-0.4, -0.2) is 29.2 Å². The molecule has 3 rings (SSSR count). The molecule has 0 saturated heterocycles. The number of hydrogen-bond acceptors (Lipinski definition) is 3. The van der Waals surface area contributed by atoms with Gasteiger partial charge in [0.15, 0.2) is 0 Å². The lowest BCUT2D eigenvalue weighted by molar-refractivity contribution is 0.104. The maximum absolute atomic E-state index is 8.63. The van der Waals surface area contributed by atoms with Crippen molar-refractivity contribution in [2.24, 2.45) is 0 Å². The van der Waals surface area contributed by atoms with E-state index in [9.17, 15) is 0 Å². The number of benzene rings is 1. The number of rotatable bonds is 1. The van der Waals surface area contributed by atoms with Crippen molar-refractivity contribution in [2.45, 2.75) is 102 Å². The van der Waals surface area contributed by atoms with Crippen LogP contribution < -0.4 is 5.43 Å². The zero-order valence-electron chi connectivity index (χ0n) is 18.5. The van der Waals surface area contributed by atoms with Crippen molar-refractivity contribution in [3.63, 3.8) is 0 Å². The Hall–Kier alpha value is -1.32. The number of nitrogens with zero attached hydrogens (tertiary/aromatic N) is 1. The Morgan fingerprint density at radius 1 is 0.690 bits per heavy atom. The van der Waals surface area contributed by atoms with Gasteiger partial charge in [0.05, 0.1) is 0 Å². The molecule has 2 N–H and O–H groups in total. The second-order valence-corrected chi connectivity index (χ2v) is 8.61. The molecular weight excluding hydrogens is 356 g/mol. The maximum Gasteiger partial charge on any atom is 0.115 e. The van der Waals surface area contributed by atoms with E-state index in [1.165, 1.54) is 103 Å².